The van der Waals surface area contributed by atoms with Gasteiger partial charge in [0.2, 0.25) is 29.5 Å². The molecule has 16 N–H and O–H groups in total. The molecule has 0 bridgehead atoms. The Morgan fingerprint density at radius 3 is 2.06 bits per heavy atom. The van der Waals surface area contributed by atoms with Gasteiger partial charge in [0.1, 0.15) is 72.9 Å². The Hall–Kier alpha value is -5.09. The fourth-order valence-electron chi connectivity index (χ4n) is 6.83. The van der Waals surface area contributed by atoms with E-state index in [1.165, 1.54) is 6.92 Å². The first kappa shape index (κ1) is 61.2. The summed E-state index contributed by atoms with van der Waals surface area (Å²) in [4.78, 5) is 134. The molecular formula is C37H60N8O25P2. The van der Waals surface area contributed by atoms with Crippen LogP contribution in [-0.2, 0) is 70.3 Å². The molecule has 0 aliphatic carbocycles. The number of aromatic amines is 1. The summed E-state index contributed by atoms with van der Waals surface area (Å²) >= 11 is 0. The largest absolute Gasteiger partial charge is 0.483 e. The molecule has 2 fully saturated rings. The molecule has 35 heteroatoms. The third kappa shape index (κ3) is 18.1. The SMILES string of the molecule is CC(=O)N[C@H]1[C@@H](OP(=O)(O)OP(=O)(O)OC[C@H]2O[C@@H](n3ccc(=O)[nH]c3=O)[C@H](O)[C@@H]2O)O[C@H](CO)[C@@H](O)[C@@H]1O[C@H](C)C(=O)N[C@@H](C)C(=O)N[C@H](CCC(=O)N[C@@H](CCCCN)C(=O)N[C@H](C)C(=O)O)C(=O)O. The number of ether oxygens (including phenoxy) is 3. The van der Waals surface area contributed by atoms with E-state index in [9.17, 15) is 87.6 Å². The zero-order chi connectivity index (χ0) is 54.4. The monoisotopic (exact) mass is 1080 g/mol. The van der Waals surface area contributed by atoms with E-state index in [1.54, 1.807) is 0 Å². The molecule has 0 aromatic carbocycles. The predicted molar refractivity (Wildman–Crippen MR) is 235 cm³/mol. The van der Waals surface area contributed by atoms with Gasteiger partial charge < -0.3 is 87.0 Å². The highest BCUT2D eigenvalue weighted by Crippen LogP contribution is 2.61. The van der Waals surface area contributed by atoms with Crippen LogP contribution in [0.25, 0.3) is 0 Å². The molecule has 0 radical (unpaired) electrons. The second kappa shape index (κ2) is 27.3. The second-order valence-electron chi connectivity index (χ2n) is 16.3. The molecular weight excluding hydrogens is 1020 g/mol. The Morgan fingerprint density at radius 1 is 0.819 bits per heavy atom. The highest BCUT2D eigenvalue weighted by molar-refractivity contribution is 7.61. The van der Waals surface area contributed by atoms with Crippen molar-refractivity contribution in [3.05, 3.63) is 33.1 Å². The van der Waals surface area contributed by atoms with Crippen molar-refractivity contribution in [3.63, 3.8) is 0 Å². The lowest BCUT2D eigenvalue weighted by atomic mass is 9.96. The number of nitrogens with one attached hydrogen (secondary N) is 6. The number of phosphoric ester groups is 2. The number of aliphatic hydroxyl groups is 4. The van der Waals surface area contributed by atoms with E-state index in [0.717, 1.165) is 33.0 Å². The lowest BCUT2D eigenvalue weighted by molar-refractivity contribution is -0.261. The number of aliphatic hydroxyl groups excluding tert-OH is 4. The standard InChI is InChI=1S/C37H60N8O25P2/c1-15(30(53)43-20(35(58)59)8-9-23(48)42-19(7-5-6-11-38)32(55)40-16(2)34(56)57)39-31(54)17(3)66-29-25(41-18(4)47)36(68-21(13-46)27(29)51)69-72(63,64)70-71(61,62)65-14-22-26(50)28(52)33(67-22)45-12-10-24(49)44-37(45)60/h10,12,15-17,19-22,25-29,33,36,46,50-52H,5-9,11,13-14,38H2,1-4H3,(H,39,54)(H,40,55)(H,41,47)(H,42,48)(H,43,53)(H,56,57)(H,58,59)(H,61,62)(H,63,64)(H,44,49,60)/t15-,16+,17+,19-,20+,21+,22+,25+,26+,27+,28+,29+,33+,36+/m0/s1. The molecule has 0 saturated carbocycles. The van der Waals surface area contributed by atoms with Gasteiger partial charge in [0.15, 0.2) is 12.5 Å². The van der Waals surface area contributed by atoms with E-state index in [2.05, 4.69) is 35.4 Å². The average molecular weight is 1080 g/mol. The number of nitrogens with two attached hydrogens (primary N) is 1. The van der Waals surface area contributed by atoms with Crippen molar-refractivity contribution in [3.8, 4) is 0 Å². The first-order valence-corrected chi connectivity index (χ1v) is 24.8. The second-order valence-corrected chi connectivity index (χ2v) is 19.3. The molecule has 3 rings (SSSR count). The number of nitrogens with zero attached hydrogens (tertiary/aromatic N) is 1. The minimum atomic E-state index is -5.93. The Morgan fingerprint density at radius 2 is 1.47 bits per heavy atom. The van der Waals surface area contributed by atoms with Crippen molar-refractivity contribution >= 4 is 57.1 Å². The number of amides is 5. The molecule has 16 atom stereocenters. The molecule has 2 unspecified atom stereocenters. The van der Waals surface area contributed by atoms with Crippen molar-refractivity contribution in [2.45, 2.75) is 145 Å². The lowest BCUT2D eigenvalue weighted by Gasteiger charge is -2.44. The summed E-state index contributed by atoms with van der Waals surface area (Å²) in [7, 11) is -11.7. The molecule has 1 aromatic heterocycles. The molecule has 0 spiro atoms. The zero-order valence-electron chi connectivity index (χ0n) is 38.8. The Labute approximate surface area is 407 Å². The van der Waals surface area contributed by atoms with Gasteiger partial charge in [0.25, 0.3) is 5.56 Å². The smallest absolute Gasteiger partial charge is 0.480 e. The first-order chi connectivity index (χ1) is 33.5. The van der Waals surface area contributed by atoms with Crippen molar-refractivity contribution < 1.29 is 111 Å². The van der Waals surface area contributed by atoms with Gasteiger partial charge in [-0.2, -0.15) is 4.31 Å². The molecule has 2 aliphatic rings. The van der Waals surface area contributed by atoms with E-state index in [4.69, 9.17) is 29.6 Å². The zero-order valence-corrected chi connectivity index (χ0v) is 40.6. The number of phosphoric acid groups is 2. The molecule has 2 saturated heterocycles. The number of carboxylic acids is 2. The summed E-state index contributed by atoms with van der Waals surface area (Å²) in [6.45, 7) is 2.32. The topological polar surface area (TPSA) is 512 Å². The van der Waals surface area contributed by atoms with Crippen LogP contribution in [0.4, 0.5) is 0 Å². The number of carbonyl (C=O) groups excluding carboxylic acids is 5. The van der Waals surface area contributed by atoms with Gasteiger partial charge in [-0.25, -0.2) is 18.7 Å². The van der Waals surface area contributed by atoms with Gasteiger partial charge in [-0.1, -0.05) is 0 Å². The van der Waals surface area contributed by atoms with Gasteiger partial charge >= 0.3 is 33.3 Å². The highest BCUT2D eigenvalue weighted by Gasteiger charge is 2.52. The minimum absolute atomic E-state index is 0.0681. The van der Waals surface area contributed by atoms with Crippen LogP contribution < -0.4 is 43.6 Å². The molecule has 72 heavy (non-hydrogen) atoms. The lowest BCUT2D eigenvalue weighted by Crippen LogP contribution is -2.66. The first-order valence-electron chi connectivity index (χ1n) is 21.8. The van der Waals surface area contributed by atoms with Gasteiger partial charge in [0.05, 0.1) is 13.2 Å². The van der Waals surface area contributed by atoms with Crippen LogP contribution in [0, 0.1) is 0 Å². The summed E-state index contributed by atoms with van der Waals surface area (Å²) in [5, 5.41) is 72.0. The van der Waals surface area contributed by atoms with Crippen LogP contribution in [0.15, 0.2) is 21.9 Å². The van der Waals surface area contributed by atoms with Crippen LogP contribution in [0.5, 0.6) is 0 Å². The van der Waals surface area contributed by atoms with Gasteiger partial charge in [-0.3, -0.25) is 52.2 Å². The third-order valence-electron chi connectivity index (χ3n) is 10.6. The Balaban J connectivity index is 1.66. The van der Waals surface area contributed by atoms with Crippen LogP contribution >= 0.6 is 15.6 Å². The highest BCUT2D eigenvalue weighted by atomic mass is 31.3. The summed E-state index contributed by atoms with van der Waals surface area (Å²) < 4.78 is 56.9. The number of H-pyrrole nitrogens is 1. The van der Waals surface area contributed by atoms with E-state index in [1.807, 2.05) is 4.98 Å². The fraction of sp³-hybridized carbons (Fsp3) is 0.703. The number of carboxylic acid groups (broad SMARTS) is 2. The maximum absolute atomic E-state index is 13.3. The normalized spacial score (nSPS) is 26.8. The molecule has 33 nitrogen and oxygen atoms in total. The molecule has 408 valence electrons. The molecule has 1 aromatic rings. The summed E-state index contributed by atoms with van der Waals surface area (Å²) in [5.74, 6) is -7.75. The number of hydrogen-bond acceptors (Lipinski definition) is 22. The fourth-order valence-corrected chi connectivity index (χ4v) is 9.00. The number of hydrogen-bond donors (Lipinski definition) is 15. The average Bonchev–Trinajstić information content (AvgIpc) is 3.56. The van der Waals surface area contributed by atoms with E-state index in [-0.39, 0.29) is 13.0 Å². The van der Waals surface area contributed by atoms with Crippen LogP contribution in [0.2, 0.25) is 0 Å². The van der Waals surface area contributed by atoms with E-state index in [0.29, 0.717) is 17.4 Å². The summed E-state index contributed by atoms with van der Waals surface area (Å²) in [5.41, 5.74) is 3.62. The number of aliphatic carboxylic acids is 2. The Kier molecular flexibility index (Phi) is 23.2. The third-order valence-corrected chi connectivity index (χ3v) is 13.2. The van der Waals surface area contributed by atoms with Crippen molar-refractivity contribution in [2.24, 2.45) is 5.73 Å². The van der Waals surface area contributed by atoms with Gasteiger partial charge in [0, 0.05) is 25.6 Å². The van der Waals surface area contributed by atoms with Crippen molar-refractivity contribution in [1.29, 1.82) is 0 Å². The van der Waals surface area contributed by atoms with Crippen molar-refractivity contribution in [1.82, 2.24) is 36.1 Å². The van der Waals surface area contributed by atoms with Crippen molar-refractivity contribution in [2.75, 3.05) is 19.8 Å². The maximum atomic E-state index is 13.3. The number of aromatic nitrogens is 2. The van der Waals surface area contributed by atoms with Crippen LogP contribution in [-0.4, -0.2) is 190 Å². The minimum Gasteiger partial charge on any atom is -0.480 e. The Bertz CT molecular complexity index is 2300. The quantitative estimate of drug-likeness (QED) is 0.0274. The van der Waals surface area contributed by atoms with Gasteiger partial charge in [-0.15, -0.1) is 0 Å². The van der Waals surface area contributed by atoms with Gasteiger partial charge in [-0.05, 0) is 53.0 Å². The van der Waals surface area contributed by atoms with Crippen LogP contribution in [0.1, 0.15) is 66.0 Å². The maximum Gasteiger partial charge on any atom is 0.483 e. The summed E-state index contributed by atoms with van der Waals surface area (Å²) in [6.07, 6.45) is -16.2. The summed E-state index contributed by atoms with van der Waals surface area (Å²) in [6, 6.07) is -6.80. The van der Waals surface area contributed by atoms with Crippen LogP contribution in [0.3, 0.4) is 0 Å². The molecule has 2 aliphatic heterocycles. The molecule has 5 amide bonds. The predicted octanol–water partition coefficient (Wildman–Crippen LogP) is -6.18. The number of carbonyl (C=O) groups is 7. The molecule has 3 heterocycles. The van der Waals surface area contributed by atoms with E-state index >= 15 is 0 Å². The van der Waals surface area contributed by atoms with E-state index < -0.39 is 180 Å². The number of unbranched alkanes of at least 4 members (excludes halogenated alkanes) is 1. The number of rotatable bonds is 28.